The molecule has 0 radical (unpaired) electrons. The zero-order chi connectivity index (χ0) is 8.97. The van der Waals surface area contributed by atoms with Gasteiger partial charge in [0.05, 0.1) is 5.83 Å². The summed E-state index contributed by atoms with van der Waals surface area (Å²) in [6, 6.07) is 8.10. The minimum Gasteiger partial charge on any atom is -0.212 e. The number of allylic oxidation sites excluding steroid dienone is 2. The van der Waals surface area contributed by atoms with Gasteiger partial charge in [0, 0.05) is 0 Å². The highest BCUT2D eigenvalue weighted by Gasteiger charge is 1.90. The van der Waals surface area contributed by atoms with Crippen LogP contribution in [0.1, 0.15) is 18.1 Å². The van der Waals surface area contributed by atoms with E-state index < -0.39 is 0 Å². The van der Waals surface area contributed by atoms with Crippen molar-refractivity contribution in [3.63, 3.8) is 0 Å². The minimum atomic E-state index is -0.114. The zero-order valence-electron chi connectivity index (χ0n) is 7.47. The van der Waals surface area contributed by atoms with Gasteiger partial charge in [0.1, 0.15) is 0 Å². The number of aryl methyl sites for hydroxylation is 1. The Labute approximate surface area is 72.7 Å². The molecule has 0 spiro atoms. The molecular formula is C11H13F. The van der Waals surface area contributed by atoms with Crippen molar-refractivity contribution in [2.75, 3.05) is 0 Å². The summed E-state index contributed by atoms with van der Waals surface area (Å²) in [6.45, 7) is 3.51. The van der Waals surface area contributed by atoms with Crippen molar-refractivity contribution in [3.8, 4) is 0 Å². The first-order valence-electron chi connectivity index (χ1n) is 4.06. The van der Waals surface area contributed by atoms with Crippen LogP contribution >= 0.6 is 0 Å². The van der Waals surface area contributed by atoms with E-state index in [1.807, 2.05) is 25.1 Å². The standard InChI is InChI=1S/C11H13F/c1-9-4-3-5-11(8-9)7-6-10(2)12/h3-6,8H,7H2,1-2H3/b10-6-. The molecule has 64 valence electrons. The van der Waals surface area contributed by atoms with Gasteiger partial charge in [0.25, 0.3) is 0 Å². The van der Waals surface area contributed by atoms with Gasteiger partial charge in [-0.3, -0.25) is 0 Å². The molecule has 0 aliphatic rings. The lowest BCUT2D eigenvalue weighted by Gasteiger charge is -1.97. The highest BCUT2D eigenvalue weighted by Crippen LogP contribution is 2.06. The second-order valence-corrected chi connectivity index (χ2v) is 2.98. The van der Waals surface area contributed by atoms with Crippen LogP contribution in [-0.4, -0.2) is 0 Å². The van der Waals surface area contributed by atoms with Crippen molar-refractivity contribution in [2.24, 2.45) is 0 Å². The van der Waals surface area contributed by atoms with Gasteiger partial charge in [0.15, 0.2) is 0 Å². The smallest absolute Gasteiger partial charge is 0.0932 e. The van der Waals surface area contributed by atoms with E-state index in [2.05, 4.69) is 6.07 Å². The third-order valence-corrected chi connectivity index (χ3v) is 1.70. The van der Waals surface area contributed by atoms with Crippen molar-refractivity contribution in [2.45, 2.75) is 20.3 Å². The summed E-state index contributed by atoms with van der Waals surface area (Å²) < 4.78 is 12.3. The molecule has 0 N–H and O–H groups in total. The Hall–Kier alpha value is -1.11. The van der Waals surface area contributed by atoms with E-state index in [9.17, 15) is 4.39 Å². The minimum absolute atomic E-state index is 0.114. The van der Waals surface area contributed by atoms with Crippen LogP contribution in [0.3, 0.4) is 0 Å². The number of hydrogen-bond donors (Lipinski definition) is 0. The average molecular weight is 164 g/mol. The van der Waals surface area contributed by atoms with Gasteiger partial charge in [-0.15, -0.1) is 0 Å². The third-order valence-electron chi connectivity index (χ3n) is 1.70. The molecule has 0 fully saturated rings. The molecule has 0 unspecified atom stereocenters. The van der Waals surface area contributed by atoms with E-state index in [1.54, 1.807) is 6.08 Å². The van der Waals surface area contributed by atoms with E-state index in [4.69, 9.17) is 0 Å². The lowest BCUT2D eigenvalue weighted by atomic mass is 10.1. The first-order valence-corrected chi connectivity index (χ1v) is 4.06. The van der Waals surface area contributed by atoms with Crippen molar-refractivity contribution < 1.29 is 4.39 Å². The summed E-state index contributed by atoms with van der Waals surface area (Å²) in [4.78, 5) is 0. The Balaban J connectivity index is 2.70. The number of benzene rings is 1. The maximum atomic E-state index is 12.3. The first-order chi connectivity index (χ1) is 5.68. The molecule has 0 aromatic heterocycles. The molecule has 0 nitrogen and oxygen atoms in total. The van der Waals surface area contributed by atoms with Gasteiger partial charge < -0.3 is 0 Å². The van der Waals surface area contributed by atoms with Crippen LogP contribution in [0, 0.1) is 6.92 Å². The monoisotopic (exact) mass is 164 g/mol. The number of halogens is 1. The predicted octanol–water partition coefficient (Wildman–Crippen LogP) is 3.41. The molecule has 0 aliphatic heterocycles. The Morgan fingerprint density at radius 1 is 1.50 bits per heavy atom. The van der Waals surface area contributed by atoms with E-state index in [1.165, 1.54) is 12.5 Å². The lowest BCUT2D eigenvalue weighted by Crippen LogP contribution is -1.82. The summed E-state index contributed by atoms with van der Waals surface area (Å²) in [5.41, 5.74) is 2.38. The van der Waals surface area contributed by atoms with Crippen LogP contribution in [0.2, 0.25) is 0 Å². The summed E-state index contributed by atoms with van der Waals surface area (Å²) >= 11 is 0. The highest BCUT2D eigenvalue weighted by molar-refractivity contribution is 5.24. The quantitative estimate of drug-likeness (QED) is 0.628. The number of rotatable bonds is 2. The second-order valence-electron chi connectivity index (χ2n) is 2.98. The molecule has 1 aromatic rings. The second kappa shape index (κ2) is 4.05. The van der Waals surface area contributed by atoms with Crippen molar-refractivity contribution in [1.29, 1.82) is 0 Å². The van der Waals surface area contributed by atoms with Gasteiger partial charge in [-0.2, -0.15) is 0 Å². The Morgan fingerprint density at radius 3 is 2.83 bits per heavy atom. The topological polar surface area (TPSA) is 0 Å². The fraction of sp³-hybridized carbons (Fsp3) is 0.273. The highest BCUT2D eigenvalue weighted by atomic mass is 19.1. The van der Waals surface area contributed by atoms with Gasteiger partial charge in [-0.25, -0.2) is 4.39 Å². The van der Waals surface area contributed by atoms with Crippen molar-refractivity contribution in [3.05, 3.63) is 47.3 Å². The molecule has 0 heterocycles. The molecule has 0 atom stereocenters. The molecule has 0 aliphatic carbocycles. The largest absolute Gasteiger partial charge is 0.212 e. The van der Waals surface area contributed by atoms with Crippen molar-refractivity contribution in [1.82, 2.24) is 0 Å². The van der Waals surface area contributed by atoms with Crippen LogP contribution in [0.5, 0.6) is 0 Å². The SMILES string of the molecule is C/C(F)=C/Cc1cccc(C)c1. The fourth-order valence-corrected chi connectivity index (χ4v) is 1.10. The molecule has 1 heteroatoms. The van der Waals surface area contributed by atoms with Crippen LogP contribution < -0.4 is 0 Å². The van der Waals surface area contributed by atoms with Gasteiger partial charge in [-0.05, 0) is 31.9 Å². The molecule has 0 saturated carbocycles. The Bertz CT molecular complexity index is 283. The van der Waals surface area contributed by atoms with E-state index in [0.29, 0.717) is 6.42 Å². The molecule has 0 saturated heterocycles. The van der Waals surface area contributed by atoms with Crippen molar-refractivity contribution >= 4 is 0 Å². The molecule has 0 bridgehead atoms. The van der Waals surface area contributed by atoms with E-state index >= 15 is 0 Å². The van der Waals surface area contributed by atoms with Gasteiger partial charge >= 0.3 is 0 Å². The average Bonchev–Trinajstić information content (AvgIpc) is 2.01. The molecule has 1 aromatic carbocycles. The van der Waals surface area contributed by atoms with Crippen LogP contribution in [0.4, 0.5) is 4.39 Å². The Morgan fingerprint density at radius 2 is 2.25 bits per heavy atom. The normalized spacial score (nSPS) is 11.8. The van der Waals surface area contributed by atoms with Crippen LogP contribution in [-0.2, 0) is 6.42 Å². The molecule has 0 amide bonds. The third kappa shape index (κ3) is 2.87. The summed E-state index contributed by atoms with van der Waals surface area (Å²) in [5.74, 6) is -0.114. The molecular weight excluding hydrogens is 151 g/mol. The molecule has 12 heavy (non-hydrogen) atoms. The van der Waals surface area contributed by atoms with Crippen LogP contribution in [0.15, 0.2) is 36.2 Å². The number of hydrogen-bond acceptors (Lipinski definition) is 0. The maximum Gasteiger partial charge on any atom is 0.0932 e. The summed E-state index contributed by atoms with van der Waals surface area (Å²) in [7, 11) is 0. The van der Waals surface area contributed by atoms with E-state index in [-0.39, 0.29) is 5.83 Å². The first kappa shape index (κ1) is 8.98. The van der Waals surface area contributed by atoms with E-state index in [0.717, 1.165) is 5.56 Å². The summed E-state index contributed by atoms with van der Waals surface area (Å²) in [6.07, 6.45) is 2.28. The fourth-order valence-electron chi connectivity index (χ4n) is 1.10. The Kier molecular flexibility index (Phi) is 3.03. The van der Waals surface area contributed by atoms with Gasteiger partial charge in [0.2, 0.25) is 0 Å². The molecule has 1 rings (SSSR count). The zero-order valence-corrected chi connectivity index (χ0v) is 7.47. The lowest BCUT2D eigenvalue weighted by molar-refractivity contribution is 0.635. The van der Waals surface area contributed by atoms with Gasteiger partial charge in [-0.1, -0.05) is 29.8 Å². The van der Waals surface area contributed by atoms with Crippen LogP contribution in [0.25, 0.3) is 0 Å². The summed E-state index contributed by atoms with van der Waals surface area (Å²) in [5, 5.41) is 0. The maximum absolute atomic E-state index is 12.3. The predicted molar refractivity (Wildman–Crippen MR) is 49.7 cm³/mol.